The summed E-state index contributed by atoms with van der Waals surface area (Å²) >= 11 is 0. The van der Waals surface area contributed by atoms with E-state index in [-0.39, 0.29) is 0 Å². The summed E-state index contributed by atoms with van der Waals surface area (Å²) in [5, 5.41) is 0. The third-order valence-corrected chi connectivity index (χ3v) is 4.96. The third kappa shape index (κ3) is 3.67. The molecule has 0 fully saturated rings. The molecule has 0 N–H and O–H groups in total. The number of hydrogen-bond donors (Lipinski definition) is 0. The van der Waals surface area contributed by atoms with E-state index in [9.17, 15) is 4.79 Å². The fourth-order valence-corrected chi connectivity index (χ4v) is 3.68. The smallest absolute Gasteiger partial charge is 0.420 e. The predicted octanol–water partition coefficient (Wildman–Crippen LogP) is 4.79. The summed E-state index contributed by atoms with van der Waals surface area (Å²) in [7, 11) is 0. The molecule has 0 amide bonds. The molecule has 4 rings (SSSR count). The van der Waals surface area contributed by atoms with Crippen molar-refractivity contribution in [2.75, 3.05) is 0 Å². The zero-order valence-electron chi connectivity index (χ0n) is 18.4. The van der Waals surface area contributed by atoms with E-state index in [1.165, 1.54) is 10.9 Å². The van der Waals surface area contributed by atoms with Gasteiger partial charge in [-0.25, -0.2) is 24.3 Å². The van der Waals surface area contributed by atoms with E-state index in [2.05, 4.69) is 29.5 Å². The fourth-order valence-electron chi connectivity index (χ4n) is 3.68. The van der Waals surface area contributed by atoms with Gasteiger partial charge in [0.25, 0.3) is 0 Å². The Balaban J connectivity index is 1.71. The van der Waals surface area contributed by atoms with Crippen LogP contribution in [-0.4, -0.2) is 35.8 Å². The number of carbonyl (C=O) groups excluding carboxylic acids is 1. The molecule has 0 aliphatic heterocycles. The first kappa shape index (κ1) is 20.1. The summed E-state index contributed by atoms with van der Waals surface area (Å²) < 4.78 is 9.09. The van der Waals surface area contributed by atoms with Gasteiger partial charge < -0.3 is 9.30 Å². The second-order valence-electron chi connectivity index (χ2n) is 8.64. The minimum Gasteiger partial charge on any atom is -0.443 e. The highest BCUT2D eigenvalue weighted by Crippen LogP contribution is 2.23. The van der Waals surface area contributed by atoms with E-state index in [1.54, 1.807) is 0 Å². The molecule has 0 unspecified atom stereocenters. The summed E-state index contributed by atoms with van der Waals surface area (Å²) in [5.74, 6) is 1.01. The first-order valence-corrected chi connectivity index (χ1v) is 10.2. The topological polar surface area (TPSA) is 74.8 Å². The molecule has 3 aromatic heterocycles. The number of fused-ring (bicyclic) bond motifs is 2. The van der Waals surface area contributed by atoms with Crippen LogP contribution in [0.3, 0.4) is 0 Å². The van der Waals surface area contributed by atoms with Crippen LogP contribution in [-0.2, 0) is 17.7 Å². The molecule has 7 nitrogen and oxygen atoms in total. The van der Waals surface area contributed by atoms with Crippen molar-refractivity contribution in [1.29, 1.82) is 0 Å². The van der Waals surface area contributed by atoms with Crippen molar-refractivity contribution in [3.63, 3.8) is 0 Å². The summed E-state index contributed by atoms with van der Waals surface area (Å²) in [5.41, 5.74) is 5.97. The minimum absolute atomic E-state index is 0.429. The molecule has 156 valence electrons. The maximum absolute atomic E-state index is 12.5. The standard InChI is InChI=1S/C23H27N5O2/c1-7-19-26-20-14(2)10-15(3)25-21(20)27(19)12-16-8-9-18-17(11-16)24-13-28(18)22(29)30-23(4,5)6/h8-11,13H,7,12H2,1-6H3. The number of hydrogen-bond acceptors (Lipinski definition) is 5. The number of rotatable bonds is 3. The van der Waals surface area contributed by atoms with E-state index in [1.807, 2.05) is 45.9 Å². The van der Waals surface area contributed by atoms with Crippen LogP contribution in [0, 0.1) is 13.8 Å². The van der Waals surface area contributed by atoms with Gasteiger partial charge in [-0.05, 0) is 63.9 Å². The maximum Gasteiger partial charge on any atom is 0.420 e. The SMILES string of the molecule is CCc1nc2c(C)cc(C)nc2n1Cc1ccc2c(c1)ncn2C(=O)OC(C)(C)C. The average Bonchev–Trinajstić information content (AvgIpc) is 3.22. The molecule has 0 aliphatic rings. The molecule has 7 heteroatoms. The van der Waals surface area contributed by atoms with Crippen LogP contribution in [0.25, 0.3) is 22.2 Å². The van der Waals surface area contributed by atoms with Crippen molar-refractivity contribution < 1.29 is 9.53 Å². The molecule has 30 heavy (non-hydrogen) atoms. The average molecular weight is 406 g/mol. The molecule has 3 heterocycles. The van der Waals surface area contributed by atoms with Gasteiger partial charge in [0.1, 0.15) is 23.3 Å². The van der Waals surface area contributed by atoms with Crippen molar-refractivity contribution >= 4 is 28.3 Å². The van der Waals surface area contributed by atoms with Gasteiger partial charge in [0, 0.05) is 12.1 Å². The lowest BCUT2D eigenvalue weighted by Gasteiger charge is -2.19. The van der Waals surface area contributed by atoms with Crippen molar-refractivity contribution in [3.05, 3.63) is 53.2 Å². The first-order valence-electron chi connectivity index (χ1n) is 10.2. The second-order valence-corrected chi connectivity index (χ2v) is 8.64. The zero-order chi connectivity index (χ0) is 21.6. The van der Waals surface area contributed by atoms with Gasteiger partial charge in [-0.1, -0.05) is 13.0 Å². The van der Waals surface area contributed by atoms with Gasteiger partial charge in [-0.2, -0.15) is 0 Å². The van der Waals surface area contributed by atoms with E-state index in [4.69, 9.17) is 14.7 Å². The van der Waals surface area contributed by atoms with Gasteiger partial charge >= 0.3 is 6.09 Å². The molecule has 1 aromatic carbocycles. The molecule has 0 radical (unpaired) electrons. The lowest BCUT2D eigenvalue weighted by molar-refractivity contribution is 0.0543. The summed E-state index contributed by atoms with van der Waals surface area (Å²) in [6, 6.07) is 7.99. The van der Waals surface area contributed by atoms with Crippen LogP contribution >= 0.6 is 0 Å². The van der Waals surface area contributed by atoms with Crippen LogP contribution < -0.4 is 0 Å². The largest absolute Gasteiger partial charge is 0.443 e. The van der Waals surface area contributed by atoms with Crippen LogP contribution in [0.5, 0.6) is 0 Å². The van der Waals surface area contributed by atoms with Crippen LogP contribution in [0.1, 0.15) is 50.3 Å². The van der Waals surface area contributed by atoms with Crippen LogP contribution in [0.15, 0.2) is 30.6 Å². The van der Waals surface area contributed by atoms with E-state index >= 15 is 0 Å². The van der Waals surface area contributed by atoms with Crippen LogP contribution in [0.2, 0.25) is 0 Å². The van der Waals surface area contributed by atoms with Crippen molar-refractivity contribution in [2.24, 2.45) is 0 Å². The highest BCUT2D eigenvalue weighted by atomic mass is 16.6. The van der Waals surface area contributed by atoms with Crippen molar-refractivity contribution in [3.8, 4) is 0 Å². The first-order chi connectivity index (χ1) is 14.2. The summed E-state index contributed by atoms with van der Waals surface area (Å²) in [6.07, 6.45) is 1.91. The molecular weight excluding hydrogens is 378 g/mol. The highest BCUT2D eigenvalue weighted by Gasteiger charge is 2.20. The van der Waals surface area contributed by atoms with Crippen molar-refractivity contribution in [1.82, 2.24) is 24.1 Å². The van der Waals surface area contributed by atoms with E-state index in [0.717, 1.165) is 51.3 Å². The Hall–Kier alpha value is -3.22. The lowest BCUT2D eigenvalue weighted by atomic mass is 10.2. The number of aromatic nitrogens is 5. The molecule has 4 aromatic rings. The predicted molar refractivity (Wildman–Crippen MR) is 117 cm³/mol. The Labute approximate surface area is 175 Å². The quantitative estimate of drug-likeness (QED) is 0.490. The monoisotopic (exact) mass is 405 g/mol. The second kappa shape index (κ2) is 7.23. The molecule has 0 aliphatic carbocycles. The molecular formula is C23H27N5O2. The summed E-state index contributed by atoms with van der Waals surface area (Å²) in [6.45, 7) is 12.4. The van der Waals surface area contributed by atoms with Gasteiger partial charge in [-0.3, -0.25) is 0 Å². The number of carbonyl (C=O) groups is 1. The van der Waals surface area contributed by atoms with Crippen LogP contribution in [0.4, 0.5) is 4.79 Å². The Morgan fingerprint density at radius 2 is 1.90 bits per heavy atom. The Kier molecular flexibility index (Phi) is 4.84. The number of pyridine rings is 1. The zero-order valence-corrected chi connectivity index (χ0v) is 18.4. The maximum atomic E-state index is 12.5. The fraction of sp³-hybridized carbons (Fsp3) is 0.391. The lowest BCUT2D eigenvalue weighted by Crippen LogP contribution is -2.26. The molecule has 0 saturated carbocycles. The van der Waals surface area contributed by atoms with Gasteiger partial charge in [0.15, 0.2) is 5.65 Å². The Morgan fingerprint density at radius 1 is 1.13 bits per heavy atom. The molecule has 0 spiro atoms. The Morgan fingerprint density at radius 3 is 2.60 bits per heavy atom. The minimum atomic E-state index is -0.560. The van der Waals surface area contributed by atoms with E-state index < -0.39 is 11.7 Å². The van der Waals surface area contributed by atoms with Gasteiger partial charge in [0.05, 0.1) is 17.6 Å². The number of nitrogens with zero attached hydrogens (tertiary/aromatic N) is 5. The van der Waals surface area contributed by atoms with Crippen molar-refractivity contribution in [2.45, 2.75) is 60.1 Å². The number of benzene rings is 1. The molecule has 0 atom stereocenters. The number of aryl methyl sites for hydroxylation is 3. The highest BCUT2D eigenvalue weighted by molar-refractivity contribution is 5.87. The molecule has 0 saturated heterocycles. The number of imidazole rings is 2. The number of ether oxygens (including phenoxy) is 1. The third-order valence-electron chi connectivity index (χ3n) is 4.96. The Bertz CT molecular complexity index is 1260. The van der Waals surface area contributed by atoms with Gasteiger partial charge in [0.2, 0.25) is 0 Å². The summed E-state index contributed by atoms with van der Waals surface area (Å²) in [4.78, 5) is 26.4. The van der Waals surface area contributed by atoms with Gasteiger partial charge in [-0.15, -0.1) is 0 Å². The normalized spacial score (nSPS) is 12.1. The molecule has 0 bridgehead atoms. The van der Waals surface area contributed by atoms with E-state index in [0.29, 0.717) is 6.54 Å².